The minimum Gasteiger partial charge on any atom is -0.0839 e. The number of rotatable bonds is 2. The smallest absolute Gasteiger partial charge is 0.0131 e. The zero-order valence-electron chi connectivity index (χ0n) is 21.3. The van der Waals surface area contributed by atoms with Gasteiger partial charge in [-0.2, -0.15) is 0 Å². The van der Waals surface area contributed by atoms with Gasteiger partial charge in [-0.1, -0.05) is 127 Å². The van der Waals surface area contributed by atoms with Gasteiger partial charge in [0.05, 0.1) is 0 Å². The summed E-state index contributed by atoms with van der Waals surface area (Å²) in [6.07, 6.45) is 18.7. The van der Waals surface area contributed by atoms with E-state index >= 15 is 0 Å². The Bertz CT molecular complexity index is 1900. The molecule has 5 aromatic rings. The summed E-state index contributed by atoms with van der Waals surface area (Å²) >= 11 is 0. The molecule has 0 saturated heterocycles. The summed E-state index contributed by atoms with van der Waals surface area (Å²) in [6, 6.07) is 33.9. The van der Waals surface area contributed by atoms with Gasteiger partial charge in [-0.3, -0.25) is 0 Å². The minimum atomic E-state index is 0.413. The van der Waals surface area contributed by atoms with Crippen molar-refractivity contribution in [3.8, 4) is 11.1 Å². The second kappa shape index (κ2) is 8.57. The van der Waals surface area contributed by atoms with Crippen molar-refractivity contribution in [2.75, 3.05) is 0 Å². The first-order valence-electron chi connectivity index (χ1n) is 13.7. The van der Waals surface area contributed by atoms with Gasteiger partial charge < -0.3 is 0 Å². The van der Waals surface area contributed by atoms with E-state index in [0.717, 1.165) is 12.8 Å². The molecule has 0 amide bonds. The van der Waals surface area contributed by atoms with Crippen LogP contribution in [0, 0.1) is 11.8 Å². The lowest BCUT2D eigenvalue weighted by Crippen LogP contribution is -2.21. The molecule has 0 spiro atoms. The highest BCUT2D eigenvalue weighted by molar-refractivity contribution is 6.20. The molecule has 3 aliphatic rings. The summed E-state index contributed by atoms with van der Waals surface area (Å²) < 4.78 is 0. The zero-order chi connectivity index (χ0) is 25.1. The Morgan fingerprint density at radius 1 is 0.579 bits per heavy atom. The fourth-order valence-corrected chi connectivity index (χ4v) is 6.81. The molecular formula is C38H28. The van der Waals surface area contributed by atoms with Crippen LogP contribution in [0.2, 0.25) is 0 Å². The Balaban J connectivity index is 1.19. The lowest BCUT2D eigenvalue weighted by molar-refractivity contribution is 0.636. The Morgan fingerprint density at radius 2 is 1.29 bits per heavy atom. The van der Waals surface area contributed by atoms with Gasteiger partial charge in [-0.05, 0) is 84.6 Å². The molecule has 180 valence electrons. The Morgan fingerprint density at radius 3 is 2.18 bits per heavy atom. The van der Waals surface area contributed by atoms with Crippen LogP contribution in [-0.2, 0) is 0 Å². The molecular weight excluding hydrogens is 456 g/mol. The molecule has 8 rings (SSSR count). The monoisotopic (exact) mass is 484 g/mol. The molecule has 0 fully saturated rings. The molecule has 0 heterocycles. The van der Waals surface area contributed by atoms with Crippen molar-refractivity contribution in [1.82, 2.24) is 0 Å². The first-order chi connectivity index (χ1) is 18.8. The Labute approximate surface area is 223 Å². The number of hydrogen-bond donors (Lipinski definition) is 0. The van der Waals surface area contributed by atoms with E-state index < -0.39 is 0 Å². The maximum atomic E-state index is 2.48. The first kappa shape index (κ1) is 21.6. The van der Waals surface area contributed by atoms with Gasteiger partial charge in [0.1, 0.15) is 0 Å². The topological polar surface area (TPSA) is 0 Å². The predicted molar refractivity (Wildman–Crippen MR) is 163 cm³/mol. The van der Waals surface area contributed by atoms with E-state index in [9.17, 15) is 0 Å². The van der Waals surface area contributed by atoms with Gasteiger partial charge >= 0.3 is 0 Å². The highest BCUT2D eigenvalue weighted by Gasteiger charge is 2.31. The maximum Gasteiger partial charge on any atom is 0.0131 e. The molecule has 0 N–H and O–H groups in total. The molecule has 0 radical (unpaired) electrons. The maximum absolute atomic E-state index is 2.48. The average Bonchev–Trinajstić information content (AvgIpc) is 3.00. The van der Waals surface area contributed by atoms with E-state index in [1.807, 2.05) is 0 Å². The number of allylic oxidation sites excluding steroid dienone is 10. The van der Waals surface area contributed by atoms with Crippen LogP contribution in [0.25, 0.3) is 49.0 Å². The van der Waals surface area contributed by atoms with E-state index in [0.29, 0.717) is 11.8 Å². The summed E-state index contributed by atoms with van der Waals surface area (Å²) in [7, 11) is 0. The summed E-state index contributed by atoms with van der Waals surface area (Å²) in [6.45, 7) is 0. The standard InChI is InChI=1S/C38H28/c1-4-10-33-26(7-1)17-18-28-19-20-31-23-29(21-22-34(31)38(28)33)25-13-15-27(16-14-25)37-24-30-8-2-3-9-32(30)35-11-5-6-12-36(35)37/h1,3-7,9-24,35-36H,2,8H2. The van der Waals surface area contributed by atoms with Crippen molar-refractivity contribution in [3.05, 3.63) is 150 Å². The molecule has 0 bridgehead atoms. The third kappa shape index (κ3) is 3.37. The number of fused-ring (bicyclic) bond motifs is 7. The Hall–Kier alpha value is -4.42. The summed E-state index contributed by atoms with van der Waals surface area (Å²) in [5.74, 6) is 0.869. The number of benzene rings is 5. The van der Waals surface area contributed by atoms with Crippen molar-refractivity contribution < 1.29 is 0 Å². The van der Waals surface area contributed by atoms with Crippen LogP contribution in [0.3, 0.4) is 0 Å². The second-order valence-electron chi connectivity index (χ2n) is 10.8. The van der Waals surface area contributed by atoms with Gasteiger partial charge in [-0.15, -0.1) is 0 Å². The molecule has 0 heteroatoms. The van der Waals surface area contributed by atoms with E-state index in [-0.39, 0.29) is 0 Å². The number of hydrogen-bond acceptors (Lipinski definition) is 0. The second-order valence-corrected chi connectivity index (χ2v) is 10.8. The van der Waals surface area contributed by atoms with Crippen LogP contribution in [-0.4, -0.2) is 0 Å². The fourth-order valence-electron chi connectivity index (χ4n) is 6.81. The highest BCUT2D eigenvalue weighted by Crippen LogP contribution is 2.45. The van der Waals surface area contributed by atoms with Gasteiger partial charge in [-0.25, -0.2) is 0 Å². The lowest BCUT2D eigenvalue weighted by atomic mass is 9.69. The third-order valence-corrected chi connectivity index (χ3v) is 8.71. The van der Waals surface area contributed by atoms with Crippen molar-refractivity contribution in [1.29, 1.82) is 0 Å². The molecule has 0 aromatic heterocycles. The van der Waals surface area contributed by atoms with Crippen LogP contribution in [0.5, 0.6) is 0 Å². The largest absolute Gasteiger partial charge is 0.0839 e. The molecule has 3 aliphatic carbocycles. The van der Waals surface area contributed by atoms with Crippen LogP contribution in [0.1, 0.15) is 18.4 Å². The van der Waals surface area contributed by atoms with E-state index in [2.05, 4.69) is 134 Å². The zero-order valence-corrected chi connectivity index (χ0v) is 21.3. The Kier molecular flexibility index (Phi) is 4.88. The molecule has 38 heavy (non-hydrogen) atoms. The van der Waals surface area contributed by atoms with Crippen molar-refractivity contribution in [2.24, 2.45) is 11.8 Å². The average molecular weight is 485 g/mol. The van der Waals surface area contributed by atoms with Gasteiger partial charge in [0.2, 0.25) is 0 Å². The molecule has 0 nitrogen and oxygen atoms in total. The highest BCUT2D eigenvalue weighted by atomic mass is 14.3. The van der Waals surface area contributed by atoms with Crippen molar-refractivity contribution in [3.63, 3.8) is 0 Å². The molecule has 0 saturated carbocycles. The fraction of sp³-hybridized carbons (Fsp3) is 0.105. The van der Waals surface area contributed by atoms with Gasteiger partial charge in [0.25, 0.3) is 0 Å². The van der Waals surface area contributed by atoms with Crippen molar-refractivity contribution >= 4 is 37.9 Å². The lowest BCUT2D eigenvalue weighted by Gasteiger charge is -2.35. The normalized spacial score (nSPS) is 20.2. The molecule has 5 aromatic carbocycles. The van der Waals surface area contributed by atoms with Crippen LogP contribution >= 0.6 is 0 Å². The molecule has 0 aliphatic heterocycles. The molecule has 2 atom stereocenters. The van der Waals surface area contributed by atoms with Crippen LogP contribution < -0.4 is 0 Å². The van der Waals surface area contributed by atoms with E-state index in [4.69, 9.17) is 0 Å². The predicted octanol–water partition coefficient (Wildman–Crippen LogP) is 10.2. The van der Waals surface area contributed by atoms with Crippen LogP contribution in [0.4, 0.5) is 0 Å². The summed E-state index contributed by atoms with van der Waals surface area (Å²) in [5, 5.41) is 7.87. The summed E-state index contributed by atoms with van der Waals surface area (Å²) in [5.41, 5.74) is 8.35. The minimum absolute atomic E-state index is 0.413. The van der Waals surface area contributed by atoms with Crippen LogP contribution in [0.15, 0.2) is 145 Å². The van der Waals surface area contributed by atoms with Gasteiger partial charge in [0.15, 0.2) is 0 Å². The SMILES string of the molecule is C1=CC2C(c3ccc(-c4ccc5c(ccc6ccc7ccccc7c65)c4)cc3)=CC3=C(C=CCC3)C2C=C1. The van der Waals surface area contributed by atoms with E-state index in [1.165, 1.54) is 65.7 Å². The summed E-state index contributed by atoms with van der Waals surface area (Å²) in [4.78, 5) is 0. The van der Waals surface area contributed by atoms with E-state index in [1.54, 1.807) is 0 Å². The first-order valence-corrected chi connectivity index (χ1v) is 13.7. The third-order valence-electron chi connectivity index (χ3n) is 8.71. The quantitative estimate of drug-likeness (QED) is 0.219. The van der Waals surface area contributed by atoms with Gasteiger partial charge in [0, 0.05) is 11.8 Å². The van der Waals surface area contributed by atoms with Crippen molar-refractivity contribution in [2.45, 2.75) is 12.8 Å². The molecule has 2 unspecified atom stereocenters.